The molecule has 3 rings (SSSR count). The Balaban J connectivity index is 1.98. The first-order chi connectivity index (χ1) is 11.5. The van der Waals surface area contributed by atoms with Gasteiger partial charge < -0.3 is 14.6 Å². The summed E-state index contributed by atoms with van der Waals surface area (Å²) in [6.07, 6.45) is 0. The molecule has 1 aromatic heterocycles. The first-order valence-corrected chi connectivity index (χ1v) is 8.14. The van der Waals surface area contributed by atoms with Crippen LogP contribution in [0.5, 0.6) is 0 Å². The molecule has 1 saturated heterocycles. The number of aryl methyl sites for hydroxylation is 1. The van der Waals surface area contributed by atoms with E-state index < -0.39 is 5.97 Å². The summed E-state index contributed by atoms with van der Waals surface area (Å²) in [5.74, 6) is -0.433. The molecule has 0 saturated carbocycles. The Labute approximate surface area is 141 Å². The summed E-state index contributed by atoms with van der Waals surface area (Å²) < 4.78 is 4.75. The van der Waals surface area contributed by atoms with Crippen molar-refractivity contribution in [2.45, 2.75) is 13.5 Å². The van der Waals surface area contributed by atoms with E-state index in [4.69, 9.17) is 4.74 Å². The quantitative estimate of drug-likeness (QED) is 0.862. The highest BCUT2D eigenvalue weighted by Gasteiger charge is 2.18. The van der Waals surface area contributed by atoms with Gasteiger partial charge in [0, 0.05) is 54.9 Å². The fourth-order valence-electron chi connectivity index (χ4n) is 3.12. The van der Waals surface area contributed by atoms with Crippen molar-refractivity contribution in [3.8, 4) is 0 Å². The molecule has 0 unspecified atom stereocenters. The Hall–Kier alpha value is -2.18. The molecular weight excluding hydrogens is 306 g/mol. The molecule has 1 aliphatic heterocycles. The van der Waals surface area contributed by atoms with Crippen LogP contribution in [0.25, 0.3) is 10.9 Å². The van der Waals surface area contributed by atoms with Crippen LogP contribution < -0.4 is 5.43 Å². The first kappa shape index (κ1) is 16.7. The number of hydrogen-bond acceptors (Lipinski definition) is 5. The average molecular weight is 329 g/mol. The van der Waals surface area contributed by atoms with Crippen molar-refractivity contribution in [3.63, 3.8) is 0 Å². The van der Waals surface area contributed by atoms with Gasteiger partial charge in [0.15, 0.2) is 5.43 Å². The summed E-state index contributed by atoms with van der Waals surface area (Å²) in [5, 5.41) is 0.535. The van der Waals surface area contributed by atoms with Crippen LogP contribution in [0, 0.1) is 6.92 Å². The highest BCUT2D eigenvalue weighted by Crippen LogP contribution is 2.16. The third-order valence-corrected chi connectivity index (χ3v) is 4.71. The van der Waals surface area contributed by atoms with Crippen molar-refractivity contribution in [2.24, 2.45) is 0 Å². The number of H-pyrrole nitrogens is 1. The number of esters is 1. The number of benzene rings is 1. The summed E-state index contributed by atoms with van der Waals surface area (Å²) >= 11 is 0. The van der Waals surface area contributed by atoms with E-state index in [0.717, 1.165) is 43.0 Å². The number of rotatable bonds is 3. The number of carbonyl (C=O) groups is 1. The fraction of sp³-hybridized carbons (Fsp3) is 0.444. The number of aromatic amines is 1. The lowest BCUT2D eigenvalue weighted by Crippen LogP contribution is -2.44. The second-order valence-corrected chi connectivity index (χ2v) is 6.39. The Morgan fingerprint density at radius 1 is 1.25 bits per heavy atom. The van der Waals surface area contributed by atoms with Crippen LogP contribution >= 0.6 is 0 Å². The van der Waals surface area contributed by atoms with Gasteiger partial charge in [-0.15, -0.1) is 0 Å². The molecule has 2 aromatic rings. The average Bonchev–Trinajstić information content (AvgIpc) is 2.59. The van der Waals surface area contributed by atoms with Crippen LogP contribution in [0.3, 0.4) is 0 Å². The standard InChI is InChI=1S/C18H23N3O3/c1-12-15(11-21-8-6-20(2)7-9-21)17(22)14-10-13(18(23)24-3)4-5-16(14)19-12/h4-5,10H,6-9,11H2,1-3H3,(H,19,22). The van der Waals surface area contributed by atoms with Crippen LogP contribution in [0.15, 0.2) is 23.0 Å². The third-order valence-electron chi connectivity index (χ3n) is 4.71. The van der Waals surface area contributed by atoms with Crippen molar-refractivity contribution < 1.29 is 9.53 Å². The molecule has 0 bridgehead atoms. The largest absolute Gasteiger partial charge is 0.465 e. The number of piperazine rings is 1. The van der Waals surface area contributed by atoms with E-state index >= 15 is 0 Å². The van der Waals surface area contributed by atoms with Crippen LogP contribution in [-0.4, -0.2) is 61.1 Å². The van der Waals surface area contributed by atoms with Gasteiger partial charge in [0.1, 0.15) is 0 Å². The third kappa shape index (κ3) is 3.20. The molecule has 6 nitrogen and oxygen atoms in total. The smallest absolute Gasteiger partial charge is 0.337 e. The highest BCUT2D eigenvalue weighted by molar-refractivity contribution is 5.94. The van der Waals surface area contributed by atoms with Gasteiger partial charge in [0.2, 0.25) is 0 Å². The van der Waals surface area contributed by atoms with Gasteiger partial charge in [-0.25, -0.2) is 4.79 Å². The molecule has 0 amide bonds. The number of carbonyl (C=O) groups excluding carboxylic acids is 1. The van der Waals surface area contributed by atoms with Gasteiger partial charge >= 0.3 is 5.97 Å². The first-order valence-electron chi connectivity index (χ1n) is 8.14. The zero-order valence-electron chi connectivity index (χ0n) is 14.4. The molecule has 1 fully saturated rings. The summed E-state index contributed by atoms with van der Waals surface area (Å²) in [7, 11) is 3.45. The van der Waals surface area contributed by atoms with Crippen LogP contribution in [0.2, 0.25) is 0 Å². The van der Waals surface area contributed by atoms with E-state index in [2.05, 4.69) is 21.8 Å². The molecule has 0 aliphatic carbocycles. The molecule has 6 heteroatoms. The van der Waals surface area contributed by atoms with Crippen molar-refractivity contribution in [1.29, 1.82) is 0 Å². The normalized spacial score (nSPS) is 16.5. The van der Waals surface area contributed by atoms with E-state index in [1.54, 1.807) is 18.2 Å². The van der Waals surface area contributed by atoms with Crippen molar-refractivity contribution in [2.75, 3.05) is 40.3 Å². The Morgan fingerprint density at radius 2 is 1.96 bits per heavy atom. The molecule has 24 heavy (non-hydrogen) atoms. The topological polar surface area (TPSA) is 65.6 Å². The summed E-state index contributed by atoms with van der Waals surface area (Å²) in [5.41, 5.74) is 2.79. The SMILES string of the molecule is COC(=O)c1ccc2[nH]c(C)c(CN3CCN(C)CC3)c(=O)c2c1. The summed E-state index contributed by atoms with van der Waals surface area (Å²) in [6, 6.07) is 5.05. The predicted molar refractivity (Wildman–Crippen MR) is 93.4 cm³/mol. The molecule has 0 atom stereocenters. The van der Waals surface area contributed by atoms with Gasteiger partial charge in [-0.2, -0.15) is 0 Å². The number of likely N-dealkylation sites (N-methyl/N-ethyl adjacent to an activating group) is 1. The van der Waals surface area contributed by atoms with E-state index in [9.17, 15) is 9.59 Å². The molecule has 0 spiro atoms. The van der Waals surface area contributed by atoms with Gasteiger partial charge in [-0.3, -0.25) is 9.69 Å². The highest BCUT2D eigenvalue weighted by atomic mass is 16.5. The molecule has 0 radical (unpaired) electrons. The van der Waals surface area contributed by atoms with Crippen molar-refractivity contribution in [3.05, 3.63) is 45.2 Å². The van der Waals surface area contributed by atoms with Gasteiger partial charge in [0.05, 0.1) is 12.7 Å². The number of pyridine rings is 1. The number of ether oxygens (including phenoxy) is 1. The zero-order chi connectivity index (χ0) is 17.3. The van der Waals surface area contributed by atoms with Gasteiger partial charge in [0.25, 0.3) is 0 Å². The van der Waals surface area contributed by atoms with E-state index in [-0.39, 0.29) is 5.43 Å². The lowest BCUT2D eigenvalue weighted by molar-refractivity contribution is 0.0601. The second kappa shape index (κ2) is 6.75. The number of nitrogens with one attached hydrogen (secondary N) is 1. The molecule has 2 heterocycles. The van der Waals surface area contributed by atoms with Crippen LogP contribution in [0.1, 0.15) is 21.6 Å². The fourth-order valence-corrected chi connectivity index (χ4v) is 3.12. The molecule has 1 aliphatic rings. The van der Waals surface area contributed by atoms with E-state index in [1.807, 2.05) is 6.92 Å². The molecular formula is C18H23N3O3. The maximum Gasteiger partial charge on any atom is 0.337 e. The predicted octanol–water partition coefficient (Wildman–Crippen LogP) is 1.37. The number of aromatic nitrogens is 1. The lowest BCUT2D eigenvalue weighted by atomic mass is 10.1. The van der Waals surface area contributed by atoms with Crippen LogP contribution in [-0.2, 0) is 11.3 Å². The van der Waals surface area contributed by atoms with E-state index in [0.29, 0.717) is 17.5 Å². The monoisotopic (exact) mass is 329 g/mol. The molecule has 1 aromatic carbocycles. The van der Waals surface area contributed by atoms with Gasteiger partial charge in [-0.1, -0.05) is 0 Å². The Morgan fingerprint density at radius 3 is 2.62 bits per heavy atom. The maximum absolute atomic E-state index is 12.9. The minimum Gasteiger partial charge on any atom is -0.465 e. The maximum atomic E-state index is 12.9. The second-order valence-electron chi connectivity index (χ2n) is 6.39. The van der Waals surface area contributed by atoms with Crippen molar-refractivity contribution >= 4 is 16.9 Å². The van der Waals surface area contributed by atoms with Gasteiger partial charge in [-0.05, 0) is 32.2 Å². The number of hydrogen-bond donors (Lipinski definition) is 1. The minimum atomic E-state index is -0.433. The summed E-state index contributed by atoms with van der Waals surface area (Å²) in [6.45, 7) is 6.49. The zero-order valence-corrected chi connectivity index (χ0v) is 14.4. The lowest BCUT2D eigenvalue weighted by Gasteiger charge is -2.32. The molecule has 128 valence electrons. The van der Waals surface area contributed by atoms with E-state index in [1.165, 1.54) is 7.11 Å². The number of methoxy groups -OCH3 is 1. The molecule has 1 N–H and O–H groups in total. The minimum absolute atomic E-state index is 0.00840. The number of nitrogens with zero attached hydrogens (tertiary/aromatic N) is 2. The Kier molecular flexibility index (Phi) is 4.69. The van der Waals surface area contributed by atoms with Crippen molar-refractivity contribution in [1.82, 2.24) is 14.8 Å². The number of fused-ring (bicyclic) bond motifs is 1. The Bertz CT molecular complexity index is 820. The summed E-state index contributed by atoms with van der Waals surface area (Å²) in [4.78, 5) is 32.5. The van der Waals surface area contributed by atoms with Crippen LogP contribution in [0.4, 0.5) is 0 Å².